The van der Waals surface area contributed by atoms with Crippen LogP contribution in [0, 0.1) is 5.41 Å². The molecule has 0 fully saturated rings. The molecule has 8 nitrogen and oxygen atoms in total. The number of nitrogens with zero attached hydrogens (tertiary/aromatic N) is 2. The van der Waals surface area contributed by atoms with Crippen LogP contribution in [0.15, 0.2) is 24.3 Å². The molecule has 1 aliphatic rings. The number of benzene rings is 2. The summed E-state index contributed by atoms with van der Waals surface area (Å²) in [4.78, 5) is 29.1. The van der Waals surface area contributed by atoms with Gasteiger partial charge in [0.05, 0.1) is 25.9 Å². The number of phenols is 1. The van der Waals surface area contributed by atoms with Crippen molar-refractivity contribution in [1.29, 1.82) is 5.41 Å². The Morgan fingerprint density at radius 3 is 2.08 bits per heavy atom. The normalized spacial score (nSPS) is 13.4. The van der Waals surface area contributed by atoms with Crippen molar-refractivity contribution >= 4 is 23.4 Å². The summed E-state index contributed by atoms with van der Waals surface area (Å²) >= 11 is 0. The van der Waals surface area contributed by atoms with Gasteiger partial charge < -0.3 is 19.5 Å². The Balaban J connectivity index is 1.97. The number of aromatic hydroxyl groups is 1. The van der Waals surface area contributed by atoms with Gasteiger partial charge >= 0.3 is 6.09 Å². The van der Waals surface area contributed by atoms with Crippen molar-refractivity contribution in [3.05, 3.63) is 52.1 Å². The van der Waals surface area contributed by atoms with Crippen LogP contribution in [0.4, 0.5) is 10.5 Å². The lowest BCUT2D eigenvalue weighted by Crippen LogP contribution is -2.31. The number of rotatable bonds is 7. The molecule has 3 rings (SSSR count). The molecule has 0 atom stereocenters. The fraction of sp³-hybridized carbons (Fsp3) is 0.500. The van der Waals surface area contributed by atoms with E-state index in [0.29, 0.717) is 42.3 Å². The van der Waals surface area contributed by atoms with Crippen molar-refractivity contribution in [3.63, 3.8) is 0 Å². The molecule has 1 aliphatic heterocycles. The highest BCUT2D eigenvalue weighted by molar-refractivity contribution is 6.06. The van der Waals surface area contributed by atoms with Gasteiger partial charge in [-0.3, -0.25) is 15.1 Å². The van der Waals surface area contributed by atoms with E-state index >= 15 is 0 Å². The van der Waals surface area contributed by atoms with Crippen molar-refractivity contribution in [1.82, 2.24) is 4.90 Å². The molecule has 1 heterocycles. The largest absolute Gasteiger partial charge is 0.507 e. The number of amidine groups is 1. The molecule has 206 valence electrons. The third kappa shape index (κ3) is 5.64. The van der Waals surface area contributed by atoms with Crippen LogP contribution in [-0.2, 0) is 22.1 Å². The summed E-state index contributed by atoms with van der Waals surface area (Å²) in [5.74, 6) is 0.838. The number of ether oxygens (including phenoxy) is 2. The number of phenolic OH excluding ortho intramolecular Hbond substituents is 1. The molecule has 0 unspecified atom stereocenters. The van der Waals surface area contributed by atoms with Crippen LogP contribution in [0.3, 0.4) is 0 Å². The van der Waals surface area contributed by atoms with Crippen LogP contribution >= 0.6 is 0 Å². The van der Waals surface area contributed by atoms with Gasteiger partial charge in [0.25, 0.3) is 0 Å². The molecule has 2 aromatic rings. The first-order chi connectivity index (χ1) is 17.6. The van der Waals surface area contributed by atoms with Gasteiger partial charge in [0.2, 0.25) is 0 Å². The maximum absolute atomic E-state index is 13.6. The zero-order valence-electron chi connectivity index (χ0n) is 24.1. The minimum absolute atomic E-state index is 0.0131. The Labute approximate surface area is 226 Å². The molecule has 1 amide bonds. The lowest BCUT2D eigenvalue weighted by molar-refractivity contribution is 0.0962. The van der Waals surface area contributed by atoms with Crippen LogP contribution < -0.4 is 9.64 Å². The van der Waals surface area contributed by atoms with E-state index in [1.54, 1.807) is 23.1 Å². The smallest absolute Gasteiger partial charge is 0.414 e. The Morgan fingerprint density at radius 2 is 1.61 bits per heavy atom. The summed E-state index contributed by atoms with van der Waals surface area (Å²) in [5.41, 5.74) is 3.29. The van der Waals surface area contributed by atoms with E-state index in [1.807, 2.05) is 61.5 Å². The van der Waals surface area contributed by atoms with Gasteiger partial charge in [0.1, 0.15) is 17.3 Å². The number of hydrogen-bond donors (Lipinski definition) is 2. The van der Waals surface area contributed by atoms with E-state index in [4.69, 9.17) is 14.9 Å². The number of fused-ring (bicyclic) bond motifs is 1. The lowest BCUT2D eigenvalue weighted by Gasteiger charge is -2.28. The monoisotopic (exact) mass is 523 g/mol. The second-order valence-electron chi connectivity index (χ2n) is 11.7. The molecule has 0 bridgehead atoms. The van der Waals surface area contributed by atoms with Crippen LogP contribution in [0.25, 0.3) is 0 Å². The molecule has 0 saturated heterocycles. The predicted molar refractivity (Wildman–Crippen MR) is 150 cm³/mol. The minimum atomic E-state index is -0.512. The molecule has 0 spiro atoms. The van der Waals surface area contributed by atoms with Crippen molar-refractivity contribution in [2.75, 3.05) is 31.7 Å². The first-order valence-electron chi connectivity index (χ1n) is 13.0. The number of hydrogen-bond acceptors (Lipinski definition) is 6. The number of anilines is 1. The second kappa shape index (κ2) is 10.7. The Kier molecular flexibility index (Phi) is 8.15. The average Bonchev–Trinajstić information content (AvgIpc) is 3.12. The van der Waals surface area contributed by atoms with Crippen LogP contribution in [-0.4, -0.2) is 54.5 Å². The summed E-state index contributed by atoms with van der Waals surface area (Å²) < 4.78 is 10.8. The van der Waals surface area contributed by atoms with E-state index in [1.165, 1.54) is 12.0 Å². The van der Waals surface area contributed by atoms with Crippen molar-refractivity contribution < 1.29 is 24.2 Å². The molecule has 2 N–H and O–H groups in total. The summed E-state index contributed by atoms with van der Waals surface area (Å²) in [6, 6.07) is 7.17. The Morgan fingerprint density at radius 1 is 1.03 bits per heavy atom. The van der Waals surface area contributed by atoms with Crippen LogP contribution in [0.2, 0.25) is 0 Å². The van der Waals surface area contributed by atoms with E-state index in [0.717, 1.165) is 16.7 Å². The minimum Gasteiger partial charge on any atom is -0.507 e. The molecular weight excluding hydrogens is 482 g/mol. The zero-order valence-corrected chi connectivity index (χ0v) is 24.1. The van der Waals surface area contributed by atoms with Gasteiger partial charge in [0.15, 0.2) is 5.78 Å². The number of carbonyl (C=O) groups excluding carboxylic acids is 2. The molecule has 0 aromatic heterocycles. The predicted octanol–water partition coefficient (Wildman–Crippen LogP) is 6.00. The quantitative estimate of drug-likeness (QED) is 0.431. The Hall–Kier alpha value is -3.55. The molecular formula is C30H41N3O5. The standard InChI is InChI=1S/C30H41N3O5/c1-10-33(28(36)37-9)23-15-20-19(14-25(23)38-11-2)16-32(27(20)31)17-24(34)18-12-21(29(3,4)5)26(35)22(13-18)30(6,7)8/h12-15,31,35H,10-11,16-17H2,1-9H3. The first kappa shape index (κ1) is 29.0. The summed E-state index contributed by atoms with van der Waals surface area (Å²) in [7, 11) is 1.33. The second-order valence-corrected chi connectivity index (χ2v) is 11.7. The molecule has 0 aliphatic carbocycles. The first-order valence-corrected chi connectivity index (χ1v) is 13.0. The highest BCUT2D eigenvalue weighted by Gasteiger charge is 2.32. The number of carbonyl (C=O) groups is 2. The number of ketones is 1. The molecule has 0 radical (unpaired) electrons. The van der Waals surface area contributed by atoms with E-state index in [2.05, 4.69) is 0 Å². The number of Topliss-reactive ketones (excluding diaryl/α,β-unsaturated/α-hetero) is 1. The summed E-state index contributed by atoms with van der Waals surface area (Å²) in [6.07, 6.45) is -0.512. The molecule has 0 saturated carbocycles. The average molecular weight is 524 g/mol. The van der Waals surface area contributed by atoms with Gasteiger partial charge in [-0.1, -0.05) is 41.5 Å². The van der Waals surface area contributed by atoms with Crippen molar-refractivity contribution in [3.8, 4) is 11.5 Å². The third-order valence-electron chi connectivity index (χ3n) is 6.80. The molecule has 38 heavy (non-hydrogen) atoms. The van der Waals surface area contributed by atoms with Gasteiger partial charge in [-0.2, -0.15) is 0 Å². The Bertz CT molecular complexity index is 1220. The third-order valence-corrected chi connectivity index (χ3v) is 6.80. The van der Waals surface area contributed by atoms with E-state index in [-0.39, 0.29) is 34.7 Å². The van der Waals surface area contributed by atoms with Crippen LogP contribution in [0.1, 0.15) is 88.0 Å². The highest BCUT2D eigenvalue weighted by atomic mass is 16.5. The fourth-order valence-corrected chi connectivity index (χ4v) is 4.75. The lowest BCUT2D eigenvalue weighted by atomic mass is 9.78. The van der Waals surface area contributed by atoms with Crippen molar-refractivity contribution in [2.45, 2.75) is 72.8 Å². The fourth-order valence-electron chi connectivity index (χ4n) is 4.75. The van der Waals surface area contributed by atoms with Crippen LogP contribution in [0.5, 0.6) is 11.5 Å². The summed E-state index contributed by atoms with van der Waals surface area (Å²) in [6.45, 7) is 16.9. The maximum Gasteiger partial charge on any atom is 0.414 e. The van der Waals surface area contributed by atoms with Gasteiger partial charge in [-0.05, 0) is 54.5 Å². The van der Waals surface area contributed by atoms with Gasteiger partial charge in [-0.25, -0.2) is 4.79 Å². The van der Waals surface area contributed by atoms with E-state index in [9.17, 15) is 14.7 Å². The number of methoxy groups -OCH3 is 1. The highest BCUT2D eigenvalue weighted by Crippen LogP contribution is 2.40. The summed E-state index contributed by atoms with van der Waals surface area (Å²) in [5, 5.41) is 19.9. The SMILES string of the molecule is CCOc1cc2c(cc1N(CC)C(=O)OC)C(=N)N(CC(=O)c1cc(C(C)(C)C)c(O)c(C(C)(C)C)c1)C2. The van der Waals surface area contributed by atoms with Crippen molar-refractivity contribution in [2.24, 2.45) is 0 Å². The maximum atomic E-state index is 13.6. The molecule has 2 aromatic carbocycles. The number of amides is 1. The van der Waals surface area contributed by atoms with Gasteiger partial charge in [-0.15, -0.1) is 0 Å². The topological polar surface area (TPSA) is 103 Å². The van der Waals surface area contributed by atoms with Gasteiger partial charge in [0, 0.05) is 35.3 Å². The number of nitrogens with one attached hydrogen (secondary N) is 1. The van der Waals surface area contributed by atoms with E-state index < -0.39 is 6.09 Å². The molecule has 8 heteroatoms. The zero-order chi connectivity index (χ0) is 28.6.